The molecule has 138 valence electrons. The molecule has 1 saturated carbocycles. The van der Waals surface area contributed by atoms with E-state index >= 15 is 0 Å². The molecule has 0 bridgehead atoms. The van der Waals surface area contributed by atoms with Crippen LogP contribution in [-0.2, 0) is 16.0 Å². The molecule has 1 atom stereocenters. The summed E-state index contributed by atoms with van der Waals surface area (Å²) < 4.78 is 14.0. The number of carbonyl (C=O) groups excluding carboxylic acids is 3. The van der Waals surface area contributed by atoms with E-state index in [0.29, 0.717) is 31.5 Å². The number of alkyl halides is 1. The highest BCUT2D eigenvalue weighted by atomic mass is 19.1. The van der Waals surface area contributed by atoms with Crippen LogP contribution in [0.1, 0.15) is 41.6 Å². The van der Waals surface area contributed by atoms with Crippen LogP contribution in [0, 0.1) is 0 Å². The highest BCUT2D eigenvalue weighted by Crippen LogP contribution is 2.41. The fourth-order valence-corrected chi connectivity index (χ4v) is 3.89. The lowest BCUT2D eigenvalue weighted by Crippen LogP contribution is -2.46. The van der Waals surface area contributed by atoms with Crippen LogP contribution < -0.4 is 5.32 Å². The molecule has 1 aromatic carbocycles. The Morgan fingerprint density at radius 2 is 2.15 bits per heavy atom. The molecule has 2 fully saturated rings. The van der Waals surface area contributed by atoms with E-state index < -0.39 is 11.6 Å². The Bertz CT molecular complexity index is 790. The number of benzene rings is 1. The van der Waals surface area contributed by atoms with Gasteiger partial charge < -0.3 is 15.1 Å². The zero-order valence-electron chi connectivity index (χ0n) is 14.8. The molecule has 1 aliphatic carbocycles. The number of hydrogen-bond donors (Lipinski definition) is 1. The van der Waals surface area contributed by atoms with E-state index in [4.69, 9.17) is 0 Å². The van der Waals surface area contributed by atoms with Crippen molar-refractivity contribution in [3.8, 4) is 0 Å². The van der Waals surface area contributed by atoms with Gasteiger partial charge in [0.2, 0.25) is 5.91 Å². The predicted octanol–water partition coefficient (Wildman–Crippen LogP) is 1.75. The molecule has 2 heterocycles. The van der Waals surface area contributed by atoms with E-state index in [0.717, 1.165) is 24.1 Å². The van der Waals surface area contributed by atoms with Gasteiger partial charge in [-0.05, 0) is 49.4 Å². The van der Waals surface area contributed by atoms with Crippen LogP contribution in [0.4, 0.5) is 10.1 Å². The number of carbonyl (C=O) groups is 3. The Morgan fingerprint density at radius 3 is 2.88 bits per heavy atom. The maximum Gasteiger partial charge on any atom is 0.260 e. The minimum atomic E-state index is -1.68. The van der Waals surface area contributed by atoms with Crippen molar-refractivity contribution < 1.29 is 18.8 Å². The first kappa shape index (κ1) is 17.0. The number of nitrogens with zero attached hydrogens (tertiary/aromatic N) is 2. The van der Waals surface area contributed by atoms with Crippen molar-refractivity contribution in [2.24, 2.45) is 0 Å². The Hall–Kier alpha value is -2.44. The SMILES string of the molecule is CN(C[C@H]1CCCN1C(=O)c1ccc2c(c1)CC(=O)N2)C(=O)C1(F)CC1. The molecule has 0 unspecified atom stereocenters. The molecule has 1 N–H and O–H groups in total. The Kier molecular flexibility index (Phi) is 3.97. The van der Waals surface area contributed by atoms with Gasteiger partial charge in [-0.2, -0.15) is 0 Å². The Balaban J connectivity index is 1.46. The second kappa shape index (κ2) is 6.07. The first-order valence-electron chi connectivity index (χ1n) is 9.06. The van der Waals surface area contributed by atoms with Gasteiger partial charge in [0, 0.05) is 37.4 Å². The molecule has 7 heteroatoms. The minimum absolute atomic E-state index is 0.0657. The van der Waals surface area contributed by atoms with Gasteiger partial charge in [0.15, 0.2) is 5.67 Å². The maximum absolute atomic E-state index is 14.0. The van der Waals surface area contributed by atoms with Crippen molar-refractivity contribution in [3.63, 3.8) is 0 Å². The third kappa shape index (κ3) is 2.95. The second-order valence-corrected chi connectivity index (χ2v) is 7.54. The van der Waals surface area contributed by atoms with E-state index in [1.54, 1.807) is 30.1 Å². The number of fused-ring (bicyclic) bond motifs is 1. The van der Waals surface area contributed by atoms with Crippen molar-refractivity contribution in [1.82, 2.24) is 9.80 Å². The number of nitrogens with one attached hydrogen (secondary N) is 1. The normalized spacial score (nSPS) is 22.8. The molecular weight excluding hydrogens is 337 g/mol. The van der Waals surface area contributed by atoms with E-state index in [1.165, 1.54) is 4.90 Å². The van der Waals surface area contributed by atoms with Gasteiger partial charge in [-0.25, -0.2) is 4.39 Å². The number of likely N-dealkylation sites (N-methyl/N-ethyl adjacent to an activating group) is 1. The average Bonchev–Trinajstić information content (AvgIpc) is 3.04. The van der Waals surface area contributed by atoms with Crippen molar-refractivity contribution in [1.29, 1.82) is 0 Å². The van der Waals surface area contributed by atoms with Gasteiger partial charge in [0.25, 0.3) is 11.8 Å². The quantitative estimate of drug-likeness (QED) is 0.890. The van der Waals surface area contributed by atoms with Crippen LogP contribution in [0.15, 0.2) is 18.2 Å². The van der Waals surface area contributed by atoms with E-state index in [-0.39, 0.29) is 24.3 Å². The van der Waals surface area contributed by atoms with Gasteiger partial charge in [0.05, 0.1) is 6.42 Å². The topological polar surface area (TPSA) is 69.7 Å². The fraction of sp³-hybridized carbons (Fsp3) is 0.526. The number of anilines is 1. The fourth-order valence-electron chi connectivity index (χ4n) is 3.89. The molecule has 3 amide bonds. The first-order chi connectivity index (χ1) is 12.4. The average molecular weight is 359 g/mol. The lowest BCUT2D eigenvalue weighted by Gasteiger charge is -2.29. The molecule has 3 aliphatic rings. The predicted molar refractivity (Wildman–Crippen MR) is 93.5 cm³/mol. The zero-order chi connectivity index (χ0) is 18.5. The van der Waals surface area contributed by atoms with E-state index in [1.807, 2.05) is 0 Å². The smallest absolute Gasteiger partial charge is 0.260 e. The number of hydrogen-bond acceptors (Lipinski definition) is 3. The summed E-state index contributed by atoms with van der Waals surface area (Å²) in [6.07, 6.45) is 2.55. The highest BCUT2D eigenvalue weighted by molar-refractivity contribution is 6.01. The van der Waals surface area contributed by atoms with Gasteiger partial charge in [0.1, 0.15) is 0 Å². The second-order valence-electron chi connectivity index (χ2n) is 7.54. The molecule has 1 saturated heterocycles. The molecule has 0 spiro atoms. The molecule has 4 rings (SSSR count). The van der Waals surface area contributed by atoms with Crippen molar-refractivity contribution in [3.05, 3.63) is 29.3 Å². The van der Waals surface area contributed by atoms with Crippen molar-refractivity contribution in [2.75, 3.05) is 25.5 Å². The van der Waals surface area contributed by atoms with Gasteiger partial charge in [-0.1, -0.05) is 0 Å². The molecule has 0 aromatic heterocycles. The van der Waals surface area contributed by atoms with Crippen LogP contribution in [0.25, 0.3) is 0 Å². The lowest BCUT2D eigenvalue weighted by atomic mass is 10.1. The molecule has 0 radical (unpaired) electrons. The molecule has 6 nitrogen and oxygen atoms in total. The van der Waals surface area contributed by atoms with Crippen LogP contribution in [0.3, 0.4) is 0 Å². The van der Waals surface area contributed by atoms with Crippen LogP contribution in [0.5, 0.6) is 0 Å². The van der Waals surface area contributed by atoms with Crippen molar-refractivity contribution in [2.45, 2.75) is 43.8 Å². The molecular formula is C19H22FN3O3. The van der Waals surface area contributed by atoms with Gasteiger partial charge in [-0.3, -0.25) is 14.4 Å². The lowest BCUT2D eigenvalue weighted by molar-refractivity contribution is -0.137. The highest BCUT2D eigenvalue weighted by Gasteiger charge is 2.52. The maximum atomic E-state index is 14.0. The number of halogens is 1. The van der Waals surface area contributed by atoms with Gasteiger partial charge in [-0.15, -0.1) is 0 Å². The third-order valence-electron chi connectivity index (χ3n) is 5.52. The Morgan fingerprint density at radius 1 is 1.38 bits per heavy atom. The Labute approximate surface area is 151 Å². The van der Waals surface area contributed by atoms with E-state index in [2.05, 4.69) is 5.32 Å². The zero-order valence-corrected chi connectivity index (χ0v) is 14.8. The summed E-state index contributed by atoms with van der Waals surface area (Å²) >= 11 is 0. The van der Waals surface area contributed by atoms with Crippen LogP contribution >= 0.6 is 0 Å². The third-order valence-corrected chi connectivity index (χ3v) is 5.52. The molecule has 1 aromatic rings. The van der Waals surface area contributed by atoms with Crippen LogP contribution in [-0.4, -0.2) is 59.4 Å². The van der Waals surface area contributed by atoms with Gasteiger partial charge >= 0.3 is 0 Å². The van der Waals surface area contributed by atoms with E-state index in [9.17, 15) is 18.8 Å². The summed E-state index contributed by atoms with van der Waals surface area (Å²) in [6.45, 7) is 0.974. The summed E-state index contributed by atoms with van der Waals surface area (Å²) in [7, 11) is 1.61. The number of likely N-dealkylation sites (tertiary alicyclic amines) is 1. The summed E-state index contributed by atoms with van der Waals surface area (Å²) in [5.74, 6) is -0.639. The number of amides is 3. The largest absolute Gasteiger partial charge is 0.341 e. The molecule has 2 aliphatic heterocycles. The summed E-state index contributed by atoms with van der Waals surface area (Å²) in [4.78, 5) is 39.8. The molecule has 26 heavy (non-hydrogen) atoms. The summed E-state index contributed by atoms with van der Waals surface area (Å²) in [6, 6.07) is 5.14. The van der Waals surface area contributed by atoms with Crippen molar-refractivity contribution >= 4 is 23.4 Å². The first-order valence-corrected chi connectivity index (χ1v) is 9.06. The van der Waals surface area contributed by atoms with Crippen LogP contribution in [0.2, 0.25) is 0 Å². The number of rotatable bonds is 4. The minimum Gasteiger partial charge on any atom is -0.341 e. The standard InChI is InChI=1S/C19H22FN3O3/c1-22(18(26)19(20)6-7-19)11-14-3-2-8-23(14)17(25)12-4-5-15-13(9-12)10-16(24)21-15/h4-5,9,14H,2-3,6-8,10-11H2,1H3,(H,21,24)/t14-/m1/s1. The summed E-state index contributed by atoms with van der Waals surface area (Å²) in [5.41, 5.74) is 0.455. The monoisotopic (exact) mass is 359 g/mol. The summed E-state index contributed by atoms with van der Waals surface area (Å²) in [5, 5.41) is 2.76.